The lowest BCUT2D eigenvalue weighted by Gasteiger charge is -2.27. The number of allylic oxidation sites excluding steroid dienone is 1. The number of Topliss-reactive ketones (excluding diaryl/α,β-unsaturated/α-hetero) is 1. The number of methoxy groups -OCH3 is 1. The molecule has 0 bridgehead atoms. The number of hydrogen-bond donors (Lipinski definition) is 4. The number of benzene rings is 1. The third kappa shape index (κ3) is 9.66. The molecule has 1 fully saturated rings. The van der Waals surface area contributed by atoms with Crippen LogP contribution in [0.3, 0.4) is 0 Å². The number of esters is 1. The van der Waals surface area contributed by atoms with Crippen LogP contribution in [0.15, 0.2) is 42.5 Å². The quantitative estimate of drug-likeness (QED) is 0.227. The summed E-state index contributed by atoms with van der Waals surface area (Å²) in [6.45, 7) is 7.42. The highest BCUT2D eigenvalue weighted by Crippen LogP contribution is 2.25. The van der Waals surface area contributed by atoms with E-state index in [-0.39, 0.29) is 30.3 Å². The van der Waals surface area contributed by atoms with Crippen LogP contribution in [-0.2, 0) is 30.3 Å². The van der Waals surface area contributed by atoms with Gasteiger partial charge in [-0.2, -0.15) is 0 Å². The SMILES string of the molecule is CO[C@@H](C(=O)C[C@@H](C)C(=O)NCC1CC(Cc2ccccc2)C(=O)O1)[C@H](O)[C@@H](O)[C@H](O)/C=C/C(C)(C)C. The van der Waals surface area contributed by atoms with Gasteiger partial charge in [0.2, 0.25) is 5.91 Å². The van der Waals surface area contributed by atoms with E-state index in [0.29, 0.717) is 12.8 Å². The molecule has 1 aromatic rings. The van der Waals surface area contributed by atoms with Gasteiger partial charge in [0.25, 0.3) is 0 Å². The van der Waals surface area contributed by atoms with Crippen molar-refractivity contribution in [1.82, 2.24) is 5.32 Å². The highest BCUT2D eigenvalue weighted by molar-refractivity contribution is 5.89. The summed E-state index contributed by atoms with van der Waals surface area (Å²) in [5.41, 5.74) is 0.795. The van der Waals surface area contributed by atoms with E-state index in [0.717, 1.165) is 5.56 Å². The molecule has 2 rings (SSSR count). The van der Waals surface area contributed by atoms with Crippen LogP contribution in [-0.4, -0.2) is 77.2 Å². The van der Waals surface area contributed by atoms with E-state index in [1.54, 1.807) is 13.0 Å². The molecule has 9 nitrogen and oxygen atoms in total. The summed E-state index contributed by atoms with van der Waals surface area (Å²) in [4.78, 5) is 37.6. The molecule has 37 heavy (non-hydrogen) atoms. The van der Waals surface area contributed by atoms with E-state index in [1.807, 2.05) is 51.1 Å². The lowest BCUT2D eigenvalue weighted by atomic mass is 9.92. The molecule has 1 heterocycles. The molecule has 1 saturated heterocycles. The van der Waals surface area contributed by atoms with Gasteiger partial charge in [-0.15, -0.1) is 0 Å². The average molecular weight is 520 g/mol. The fourth-order valence-corrected chi connectivity index (χ4v) is 4.16. The minimum Gasteiger partial charge on any atom is -0.460 e. The van der Waals surface area contributed by atoms with Crippen molar-refractivity contribution in [3.05, 3.63) is 48.0 Å². The largest absolute Gasteiger partial charge is 0.460 e. The van der Waals surface area contributed by atoms with Gasteiger partial charge in [-0.3, -0.25) is 14.4 Å². The fourth-order valence-electron chi connectivity index (χ4n) is 4.16. The van der Waals surface area contributed by atoms with Crippen LogP contribution in [0.25, 0.3) is 0 Å². The average Bonchev–Trinajstić information content (AvgIpc) is 3.19. The fraction of sp³-hybridized carbons (Fsp3) is 0.607. The second-order valence-electron chi connectivity index (χ2n) is 10.9. The second-order valence-corrected chi connectivity index (χ2v) is 10.9. The summed E-state index contributed by atoms with van der Waals surface area (Å²) in [5.74, 6) is -2.31. The van der Waals surface area contributed by atoms with Crippen LogP contribution in [0, 0.1) is 17.3 Å². The first kappa shape index (κ1) is 30.6. The Kier molecular flexibility index (Phi) is 11.4. The topological polar surface area (TPSA) is 142 Å². The van der Waals surface area contributed by atoms with Crippen molar-refractivity contribution in [2.24, 2.45) is 17.3 Å². The van der Waals surface area contributed by atoms with E-state index in [1.165, 1.54) is 13.2 Å². The van der Waals surface area contributed by atoms with Crippen LogP contribution in [0.2, 0.25) is 0 Å². The summed E-state index contributed by atoms with van der Waals surface area (Å²) in [6, 6.07) is 9.64. The molecule has 4 N–H and O–H groups in total. The molecule has 0 spiro atoms. The number of rotatable bonds is 13. The number of carbonyl (C=O) groups is 3. The van der Waals surface area contributed by atoms with Gasteiger partial charge in [0.05, 0.1) is 12.5 Å². The standard InChI is InChI=1S/C28H41NO8/c1-17(13-22(31)25(36-5)24(33)23(32)21(30)11-12-28(2,3)4)26(34)29-16-20-15-19(27(35)37-20)14-18-9-7-6-8-10-18/h6-12,17,19-21,23-25,30,32-33H,13-16H2,1-5H3,(H,29,34)/b12-11+/t17-,19?,20?,21-,23+,24-,25+/m1/s1. The first-order valence-corrected chi connectivity index (χ1v) is 12.6. The van der Waals surface area contributed by atoms with Gasteiger partial charge in [-0.1, -0.05) is 70.2 Å². The molecule has 1 aromatic carbocycles. The van der Waals surface area contributed by atoms with Crippen LogP contribution >= 0.6 is 0 Å². The Bertz CT molecular complexity index is 926. The van der Waals surface area contributed by atoms with E-state index < -0.39 is 48.1 Å². The molecule has 7 atom stereocenters. The molecule has 2 unspecified atom stereocenters. The van der Waals surface area contributed by atoms with Gasteiger partial charge < -0.3 is 30.1 Å². The van der Waals surface area contributed by atoms with Gasteiger partial charge in [-0.05, 0) is 23.8 Å². The van der Waals surface area contributed by atoms with Gasteiger partial charge in [0.15, 0.2) is 5.78 Å². The number of cyclic esters (lactones) is 1. The summed E-state index contributed by atoms with van der Waals surface area (Å²) in [6.07, 6.45) is -2.74. The smallest absolute Gasteiger partial charge is 0.309 e. The lowest BCUT2D eigenvalue weighted by Crippen LogP contribution is -2.48. The molecule has 1 amide bonds. The highest BCUT2D eigenvalue weighted by atomic mass is 16.6. The summed E-state index contributed by atoms with van der Waals surface area (Å²) >= 11 is 0. The predicted octanol–water partition coefficient (Wildman–Crippen LogP) is 1.57. The number of carbonyl (C=O) groups excluding carboxylic acids is 3. The van der Waals surface area contributed by atoms with Crippen molar-refractivity contribution >= 4 is 17.7 Å². The third-order valence-corrected chi connectivity index (χ3v) is 6.32. The van der Waals surface area contributed by atoms with Crippen molar-refractivity contribution in [2.45, 2.75) is 77.5 Å². The Morgan fingerprint density at radius 2 is 1.81 bits per heavy atom. The maximum absolute atomic E-state index is 12.7. The summed E-state index contributed by atoms with van der Waals surface area (Å²) in [7, 11) is 1.21. The normalized spacial score (nSPS) is 22.2. The number of aliphatic hydroxyl groups is 3. The Hall–Kier alpha value is -2.59. The molecule has 9 heteroatoms. The number of nitrogens with one attached hydrogen (secondary N) is 1. The van der Waals surface area contributed by atoms with Crippen LogP contribution in [0.4, 0.5) is 0 Å². The van der Waals surface area contributed by atoms with Gasteiger partial charge >= 0.3 is 5.97 Å². The van der Waals surface area contributed by atoms with E-state index in [4.69, 9.17) is 9.47 Å². The summed E-state index contributed by atoms with van der Waals surface area (Å²) in [5, 5.41) is 33.7. The predicted molar refractivity (Wildman–Crippen MR) is 137 cm³/mol. The second kappa shape index (κ2) is 13.8. The Morgan fingerprint density at radius 1 is 1.16 bits per heavy atom. The van der Waals surface area contributed by atoms with Crippen molar-refractivity contribution in [1.29, 1.82) is 0 Å². The number of ketones is 1. The minimum atomic E-state index is -1.69. The number of hydrogen-bond acceptors (Lipinski definition) is 8. The minimum absolute atomic E-state index is 0.135. The van der Waals surface area contributed by atoms with Gasteiger partial charge in [0, 0.05) is 19.4 Å². The Labute approximate surface area is 218 Å². The van der Waals surface area contributed by atoms with Crippen molar-refractivity contribution in [3.63, 3.8) is 0 Å². The van der Waals surface area contributed by atoms with Gasteiger partial charge in [0.1, 0.15) is 30.5 Å². The van der Waals surface area contributed by atoms with Crippen LogP contribution in [0.5, 0.6) is 0 Å². The monoisotopic (exact) mass is 519 g/mol. The molecule has 206 valence electrons. The lowest BCUT2D eigenvalue weighted by molar-refractivity contribution is -0.149. The van der Waals surface area contributed by atoms with Crippen LogP contribution < -0.4 is 5.32 Å². The van der Waals surface area contributed by atoms with E-state index >= 15 is 0 Å². The molecule has 0 radical (unpaired) electrons. The highest BCUT2D eigenvalue weighted by Gasteiger charge is 2.37. The molecule has 0 aromatic heterocycles. The Morgan fingerprint density at radius 3 is 2.41 bits per heavy atom. The zero-order valence-corrected chi connectivity index (χ0v) is 22.3. The molecular weight excluding hydrogens is 478 g/mol. The third-order valence-electron chi connectivity index (χ3n) is 6.32. The number of ether oxygens (including phenoxy) is 2. The Balaban J connectivity index is 1.84. The zero-order valence-electron chi connectivity index (χ0n) is 22.3. The maximum atomic E-state index is 12.7. The molecule has 0 aliphatic carbocycles. The van der Waals surface area contributed by atoms with Crippen molar-refractivity contribution in [3.8, 4) is 0 Å². The van der Waals surface area contributed by atoms with Crippen LogP contribution in [0.1, 0.15) is 46.1 Å². The molecule has 1 aliphatic heterocycles. The zero-order chi connectivity index (χ0) is 27.8. The maximum Gasteiger partial charge on any atom is 0.309 e. The molecule has 0 saturated carbocycles. The number of amides is 1. The van der Waals surface area contributed by atoms with Crippen molar-refractivity contribution in [2.75, 3.05) is 13.7 Å². The number of aliphatic hydroxyl groups excluding tert-OH is 3. The first-order chi connectivity index (χ1) is 17.3. The molecule has 1 aliphatic rings. The van der Waals surface area contributed by atoms with E-state index in [9.17, 15) is 29.7 Å². The van der Waals surface area contributed by atoms with Gasteiger partial charge in [-0.25, -0.2) is 0 Å². The van der Waals surface area contributed by atoms with Crippen molar-refractivity contribution < 1.29 is 39.2 Å². The first-order valence-electron chi connectivity index (χ1n) is 12.6. The molecular formula is C28H41NO8. The van der Waals surface area contributed by atoms with E-state index in [2.05, 4.69) is 5.32 Å². The summed E-state index contributed by atoms with van der Waals surface area (Å²) < 4.78 is 10.5.